The number of fused-ring (bicyclic) bond motifs is 1. The highest BCUT2D eigenvalue weighted by Gasteiger charge is 2.04. The van der Waals surface area contributed by atoms with Crippen LogP contribution in [0.1, 0.15) is 0 Å². The van der Waals surface area contributed by atoms with E-state index in [1.165, 1.54) is 0 Å². The summed E-state index contributed by atoms with van der Waals surface area (Å²) < 4.78 is 0. The van der Waals surface area contributed by atoms with Crippen molar-refractivity contribution in [2.75, 3.05) is 0 Å². The second kappa shape index (κ2) is 2.66. The highest BCUT2D eigenvalue weighted by atomic mass is 15.1. The third-order valence-electron chi connectivity index (χ3n) is 2.06. The average Bonchev–Trinajstić information content (AvgIpc) is 2.86. The number of aromatic amines is 2. The summed E-state index contributed by atoms with van der Waals surface area (Å²) in [6.45, 7) is 0. The van der Waals surface area contributed by atoms with Crippen LogP contribution in [-0.2, 0) is 0 Å². The minimum Gasteiger partial charge on any atom is -0.337 e. The fraction of sp³-hybridized carbons (Fsp3) is 0. The number of H-pyrrole nitrogens is 2. The maximum Gasteiger partial charge on any atom is 0.141 e. The number of nitrogens with zero attached hydrogens (tertiary/aromatic N) is 3. The van der Waals surface area contributed by atoms with E-state index in [0.717, 1.165) is 22.4 Å². The minimum absolute atomic E-state index is 0.807. The summed E-state index contributed by atoms with van der Waals surface area (Å²) >= 11 is 0. The Bertz CT molecular complexity index is 518. The van der Waals surface area contributed by atoms with Gasteiger partial charge in [-0.1, -0.05) is 0 Å². The number of hydrogen-bond acceptors (Lipinski definition) is 3. The van der Waals surface area contributed by atoms with Gasteiger partial charge in [-0.15, -0.1) is 0 Å². The largest absolute Gasteiger partial charge is 0.337 e. The van der Waals surface area contributed by atoms with Gasteiger partial charge in [0, 0.05) is 12.4 Å². The lowest BCUT2D eigenvalue weighted by Gasteiger charge is -1.84. The van der Waals surface area contributed by atoms with E-state index < -0.39 is 0 Å². The lowest BCUT2D eigenvalue weighted by molar-refractivity contribution is 1.09. The molecule has 5 heteroatoms. The molecule has 0 aromatic carbocycles. The second-order valence-electron chi connectivity index (χ2n) is 2.97. The molecule has 14 heavy (non-hydrogen) atoms. The Balaban J connectivity index is 2.24. The lowest BCUT2D eigenvalue weighted by Crippen LogP contribution is -1.74. The second-order valence-corrected chi connectivity index (χ2v) is 2.97. The fourth-order valence-corrected chi connectivity index (χ4v) is 1.37. The molecule has 0 atom stereocenters. The van der Waals surface area contributed by atoms with Gasteiger partial charge in [0.05, 0.1) is 29.0 Å². The van der Waals surface area contributed by atoms with Crippen LogP contribution in [0.15, 0.2) is 30.9 Å². The van der Waals surface area contributed by atoms with Crippen molar-refractivity contribution >= 4 is 11.0 Å². The summed E-state index contributed by atoms with van der Waals surface area (Å²) in [5.41, 5.74) is 2.79. The summed E-state index contributed by atoms with van der Waals surface area (Å²) in [7, 11) is 0. The van der Waals surface area contributed by atoms with E-state index in [4.69, 9.17) is 0 Å². The van der Waals surface area contributed by atoms with Crippen molar-refractivity contribution in [1.29, 1.82) is 0 Å². The van der Waals surface area contributed by atoms with E-state index in [-0.39, 0.29) is 0 Å². The monoisotopic (exact) mass is 185 g/mol. The highest BCUT2D eigenvalue weighted by molar-refractivity contribution is 5.77. The predicted molar refractivity (Wildman–Crippen MR) is 51.5 cm³/mol. The molecule has 3 aromatic heterocycles. The molecule has 0 aliphatic rings. The van der Waals surface area contributed by atoms with E-state index in [2.05, 4.69) is 25.1 Å². The van der Waals surface area contributed by atoms with Gasteiger partial charge >= 0.3 is 0 Å². The van der Waals surface area contributed by atoms with Crippen molar-refractivity contribution < 1.29 is 0 Å². The predicted octanol–water partition coefficient (Wildman–Crippen LogP) is 1.35. The van der Waals surface area contributed by atoms with Gasteiger partial charge in [-0.3, -0.25) is 10.1 Å². The third kappa shape index (κ3) is 0.990. The fourth-order valence-electron chi connectivity index (χ4n) is 1.37. The summed E-state index contributed by atoms with van der Waals surface area (Å²) in [5, 5.41) is 6.62. The summed E-state index contributed by atoms with van der Waals surface area (Å²) in [5.74, 6) is 0.807. The van der Waals surface area contributed by atoms with Crippen molar-refractivity contribution in [3.05, 3.63) is 30.9 Å². The SMILES string of the molecule is c1cc2nc(-c3cn[nH]c3)[nH]c2cn1. The van der Waals surface area contributed by atoms with Crippen molar-refractivity contribution in [2.24, 2.45) is 0 Å². The first-order chi connectivity index (χ1) is 6.93. The van der Waals surface area contributed by atoms with Crippen LogP contribution in [0.25, 0.3) is 22.4 Å². The van der Waals surface area contributed by atoms with Crippen LogP contribution < -0.4 is 0 Å². The maximum atomic E-state index is 4.40. The molecule has 3 rings (SSSR count). The molecule has 0 saturated carbocycles. The number of hydrogen-bond donors (Lipinski definition) is 2. The van der Waals surface area contributed by atoms with Crippen LogP contribution in [0.5, 0.6) is 0 Å². The van der Waals surface area contributed by atoms with Gasteiger partial charge in [-0.25, -0.2) is 4.98 Å². The quantitative estimate of drug-likeness (QED) is 0.601. The molecule has 0 aliphatic carbocycles. The number of pyridine rings is 1. The normalized spacial score (nSPS) is 10.9. The van der Waals surface area contributed by atoms with Crippen molar-refractivity contribution in [3.63, 3.8) is 0 Å². The molecule has 0 aliphatic heterocycles. The van der Waals surface area contributed by atoms with Gasteiger partial charge in [-0.05, 0) is 6.07 Å². The lowest BCUT2D eigenvalue weighted by atomic mass is 10.3. The van der Waals surface area contributed by atoms with Crippen LogP contribution in [0.3, 0.4) is 0 Å². The Morgan fingerprint density at radius 2 is 2.21 bits per heavy atom. The number of rotatable bonds is 1. The number of nitrogens with one attached hydrogen (secondary N) is 2. The van der Waals surface area contributed by atoms with Crippen LogP contribution in [-0.4, -0.2) is 25.1 Å². The molecule has 0 fully saturated rings. The molecular weight excluding hydrogens is 178 g/mol. The van der Waals surface area contributed by atoms with Gasteiger partial charge in [0.15, 0.2) is 0 Å². The first-order valence-corrected chi connectivity index (χ1v) is 4.22. The zero-order chi connectivity index (χ0) is 9.38. The van der Waals surface area contributed by atoms with Crippen LogP contribution in [0.2, 0.25) is 0 Å². The molecule has 0 radical (unpaired) electrons. The molecule has 2 N–H and O–H groups in total. The summed E-state index contributed by atoms with van der Waals surface area (Å²) in [4.78, 5) is 11.6. The van der Waals surface area contributed by atoms with Crippen LogP contribution >= 0.6 is 0 Å². The molecule has 0 saturated heterocycles. The van der Waals surface area contributed by atoms with Crippen molar-refractivity contribution in [1.82, 2.24) is 25.1 Å². The zero-order valence-corrected chi connectivity index (χ0v) is 7.23. The number of imidazole rings is 1. The van der Waals surface area contributed by atoms with Gasteiger partial charge in [0.2, 0.25) is 0 Å². The summed E-state index contributed by atoms with van der Waals surface area (Å²) in [6, 6.07) is 1.87. The van der Waals surface area contributed by atoms with E-state index in [0.29, 0.717) is 0 Å². The molecule has 0 amide bonds. The van der Waals surface area contributed by atoms with Crippen LogP contribution in [0.4, 0.5) is 0 Å². The van der Waals surface area contributed by atoms with E-state index in [9.17, 15) is 0 Å². The van der Waals surface area contributed by atoms with Crippen molar-refractivity contribution in [3.8, 4) is 11.4 Å². The third-order valence-corrected chi connectivity index (χ3v) is 2.06. The topological polar surface area (TPSA) is 70.2 Å². The first-order valence-electron chi connectivity index (χ1n) is 4.22. The molecule has 3 aromatic rings. The molecule has 68 valence electrons. The molecule has 0 spiro atoms. The summed E-state index contributed by atoms with van der Waals surface area (Å²) in [6.07, 6.45) is 7.00. The van der Waals surface area contributed by atoms with E-state index >= 15 is 0 Å². The van der Waals surface area contributed by atoms with Gasteiger partial charge in [-0.2, -0.15) is 5.10 Å². The molecule has 5 nitrogen and oxygen atoms in total. The Kier molecular flexibility index (Phi) is 1.38. The maximum absolute atomic E-state index is 4.40. The molecular formula is C9H7N5. The van der Waals surface area contributed by atoms with Crippen molar-refractivity contribution in [2.45, 2.75) is 0 Å². The average molecular weight is 185 g/mol. The Hall–Kier alpha value is -2.17. The first kappa shape index (κ1) is 7.25. The Labute approximate surface area is 79.2 Å². The molecule has 0 unspecified atom stereocenters. The van der Waals surface area contributed by atoms with E-state index in [1.54, 1.807) is 24.8 Å². The minimum atomic E-state index is 0.807. The zero-order valence-electron chi connectivity index (χ0n) is 7.23. The molecule has 3 heterocycles. The highest BCUT2D eigenvalue weighted by Crippen LogP contribution is 2.17. The van der Waals surface area contributed by atoms with Gasteiger partial charge in [0.1, 0.15) is 5.82 Å². The smallest absolute Gasteiger partial charge is 0.141 e. The number of aromatic nitrogens is 5. The molecule has 0 bridgehead atoms. The van der Waals surface area contributed by atoms with Gasteiger partial charge < -0.3 is 4.98 Å². The Morgan fingerprint density at radius 3 is 3.00 bits per heavy atom. The van der Waals surface area contributed by atoms with Crippen LogP contribution in [0, 0.1) is 0 Å². The van der Waals surface area contributed by atoms with Gasteiger partial charge in [0.25, 0.3) is 0 Å². The Morgan fingerprint density at radius 1 is 1.21 bits per heavy atom. The standard InChI is InChI=1S/C9H7N5/c1-2-10-5-8-7(1)13-9(14-8)6-3-11-12-4-6/h1-5H,(H,11,12)(H,13,14). The van der Waals surface area contributed by atoms with E-state index in [1.807, 2.05) is 6.07 Å².